The number of alkyl halides is 3. The van der Waals surface area contributed by atoms with Gasteiger partial charge in [-0.3, -0.25) is 14.2 Å². The molecule has 156 valence electrons. The van der Waals surface area contributed by atoms with Crippen LogP contribution in [0.15, 0.2) is 27.8 Å². The molecule has 0 bridgehead atoms. The van der Waals surface area contributed by atoms with Crippen LogP contribution in [0.1, 0.15) is 23.0 Å². The van der Waals surface area contributed by atoms with Gasteiger partial charge in [0.05, 0.1) is 16.3 Å². The van der Waals surface area contributed by atoms with Gasteiger partial charge in [-0.1, -0.05) is 11.6 Å². The Balaban J connectivity index is 2.70. The number of rotatable bonds is 4. The van der Waals surface area contributed by atoms with Crippen LogP contribution in [0, 0.1) is 5.82 Å². The van der Waals surface area contributed by atoms with E-state index in [1.807, 2.05) is 0 Å². The average molecular weight is 457 g/mol. The standard InChI is InChI=1S/C16H10Cl2F4N2O5/c1-6(13(18)26)29-14(27)7-3-10(9(19)4-8(7)17)24-12(25)5-11(16(20,21)22)23(2)15(24)28/h3-6H,1-2H3. The molecule has 1 aromatic carbocycles. The Labute approximate surface area is 169 Å². The van der Waals surface area contributed by atoms with Gasteiger partial charge in [-0.25, -0.2) is 18.5 Å². The Kier molecular flexibility index (Phi) is 6.24. The molecule has 0 saturated heterocycles. The number of hydrogen-bond acceptors (Lipinski definition) is 5. The SMILES string of the molecule is CC(OC(=O)c1cc(-n2c(=O)cc(C(F)(F)F)n(C)c2=O)c(F)cc1Cl)C(=O)Cl. The largest absolute Gasteiger partial charge is 0.450 e. The van der Waals surface area contributed by atoms with Crippen molar-refractivity contribution < 1.29 is 31.9 Å². The maximum absolute atomic E-state index is 14.4. The lowest BCUT2D eigenvalue weighted by Gasteiger charge is -2.15. The molecule has 2 rings (SSSR count). The second-order valence-corrected chi connectivity index (χ2v) is 6.46. The highest BCUT2D eigenvalue weighted by molar-refractivity contribution is 6.64. The summed E-state index contributed by atoms with van der Waals surface area (Å²) >= 11 is 10.9. The summed E-state index contributed by atoms with van der Waals surface area (Å²) in [5, 5.41) is -1.52. The third-order valence-corrected chi connectivity index (χ3v) is 4.33. The summed E-state index contributed by atoms with van der Waals surface area (Å²) in [6.07, 6.45) is -6.40. The molecule has 0 aliphatic heterocycles. The van der Waals surface area contributed by atoms with Crippen molar-refractivity contribution in [2.75, 3.05) is 0 Å². The van der Waals surface area contributed by atoms with Gasteiger partial charge < -0.3 is 4.74 Å². The molecule has 0 N–H and O–H groups in total. The van der Waals surface area contributed by atoms with E-state index in [1.165, 1.54) is 0 Å². The van der Waals surface area contributed by atoms with Crippen LogP contribution in [-0.2, 0) is 22.8 Å². The van der Waals surface area contributed by atoms with Crippen LogP contribution >= 0.6 is 23.2 Å². The van der Waals surface area contributed by atoms with Gasteiger partial charge in [0.25, 0.3) is 10.8 Å². The van der Waals surface area contributed by atoms with E-state index in [4.69, 9.17) is 27.9 Å². The zero-order valence-electron chi connectivity index (χ0n) is 14.5. The van der Waals surface area contributed by atoms with E-state index in [0.29, 0.717) is 12.1 Å². The number of ether oxygens (including phenoxy) is 1. The molecule has 13 heteroatoms. The highest BCUT2D eigenvalue weighted by atomic mass is 35.5. The van der Waals surface area contributed by atoms with Crippen molar-refractivity contribution in [2.24, 2.45) is 7.05 Å². The third kappa shape index (κ3) is 4.51. The van der Waals surface area contributed by atoms with E-state index >= 15 is 0 Å². The molecular formula is C16H10Cl2F4N2O5. The van der Waals surface area contributed by atoms with Gasteiger partial charge in [-0.15, -0.1) is 0 Å². The van der Waals surface area contributed by atoms with Gasteiger partial charge in [-0.2, -0.15) is 13.2 Å². The normalized spacial score (nSPS) is 12.6. The van der Waals surface area contributed by atoms with Gasteiger partial charge in [0.1, 0.15) is 11.5 Å². The lowest BCUT2D eigenvalue weighted by Crippen LogP contribution is -2.41. The van der Waals surface area contributed by atoms with Crippen molar-refractivity contribution in [3.05, 3.63) is 61.1 Å². The van der Waals surface area contributed by atoms with Crippen molar-refractivity contribution in [2.45, 2.75) is 19.2 Å². The number of carbonyl (C=O) groups is 2. The summed E-state index contributed by atoms with van der Waals surface area (Å²) in [4.78, 5) is 47.5. The Bertz CT molecular complexity index is 1120. The lowest BCUT2D eigenvalue weighted by molar-refractivity contribution is -0.144. The summed E-state index contributed by atoms with van der Waals surface area (Å²) in [5.74, 6) is -2.51. The van der Waals surface area contributed by atoms with Crippen molar-refractivity contribution in [3.63, 3.8) is 0 Å². The summed E-state index contributed by atoms with van der Waals surface area (Å²) in [6, 6.07) is 1.30. The first-order chi connectivity index (χ1) is 13.3. The van der Waals surface area contributed by atoms with Crippen molar-refractivity contribution >= 4 is 34.4 Å². The molecule has 7 nitrogen and oxygen atoms in total. The Morgan fingerprint density at radius 1 is 1.17 bits per heavy atom. The molecule has 1 unspecified atom stereocenters. The lowest BCUT2D eigenvalue weighted by atomic mass is 10.2. The number of aromatic nitrogens is 2. The summed E-state index contributed by atoms with van der Waals surface area (Å²) in [7, 11) is 0.734. The molecule has 0 amide bonds. The minimum Gasteiger partial charge on any atom is -0.450 e. The van der Waals surface area contributed by atoms with Crippen molar-refractivity contribution in [1.29, 1.82) is 0 Å². The predicted molar refractivity (Wildman–Crippen MR) is 93.0 cm³/mol. The Morgan fingerprint density at radius 3 is 2.28 bits per heavy atom. The maximum Gasteiger partial charge on any atom is 0.431 e. The molecule has 1 heterocycles. The van der Waals surface area contributed by atoms with Crippen LogP contribution in [0.3, 0.4) is 0 Å². The first-order valence-corrected chi connectivity index (χ1v) is 8.31. The number of carbonyl (C=O) groups excluding carboxylic acids is 2. The zero-order valence-corrected chi connectivity index (χ0v) is 16.0. The first kappa shape index (κ1) is 22.6. The second-order valence-electron chi connectivity index (χ2n) is 5.68. The van der Waals surface area contributed by atoms with E-state index in [0.717, 1.165) is 14.0 Å². The summed E-state index contributed by atoms with van der Waals surface area (Å²) < 4.78 is 58.1. The maximum atomic E-state index is 14.4. The third-order valence-electron chi connectivity index (χ3n) is 3.71. The van der Waals surface area contributed by atoms with E-state index in [-0.39, 0.29) is 15.2 Å². The highest BCUT2D eigenvalue weighted by Crippen LogP contribution is 2.28. The van der Waals surface area contributed by atoms with E-state index < -0.39 is 62.5 Å². The molecule has 0 spiro atoms. The number of esters is 1. The number of benzene rings is 1. The van der Waals surface area contributed by atoms with E-state index in [9.17, 15) is 36.7 Å². The molecule has 1 atom stereocenters. The van der Waals surface area contributed by atoms with Gasteiger partial charge in [0.2, 0.25) is 0 Å². The fourth-order valence-electron chi connectivity index (χ4n) is 2.26. The van der Waals surface area contributed by atoms with Crippen LogP contribution in [0.5, 0.6) is 0 Å². The van der Waals surface area contributed by atoms with Crippen LogP contribution < -0.4 is 11.2 Å². The second kappa shape index (κ2) is 7.99. The quantitative estimate of drug-likeness (QED) is 0.401. The smallest absolute Gasteiger partial charge is 0.431 e. The molecule has 2 aromatic rings. The van der Waals surface area contributed by atoms with Crippen molar-refractivity contribution in [1.82, 2.24) is 9.13 Å². The molecule has 0 aliphatic rings. The average Bonchev–Trinajstić information content (AvgIpc) is 2.58. The Morgan fingerprint density at radius 2 is 1.76 bits per heavy atom. The van der Waals surface area contributed by atoms with Gasteiger partial charge in [0.15, 0.2) is 6.10 Å². The van der Waals surface area contributed by atoms with E-state index in [2.05, 4.69) is 0 Å². The van der Waals surface area contributed by atoms with E-state index in [1.54, 1.807) is 0 Å². The minimum absolute atomic E-state index is 0.0911. The fourth-order valence-corrected chi connectivity index (χ4v) is 2.53. The molecule has 0 aliphatic carbocycles. The zero-order chi connectivity index (χ0) is 22.3. The van der Waals surface area contributed by atoms with Crippen LogP contribution in [-0.4, -0.2) is 26.4 Å². The first-order valence-electron chi connectivity index (χ1n) is 7.55. The topological polar surface area (TPSA) is 87.4 Å². The number of halogens is 6. The monoisotopic (exact) mass is 456 g/mol. The summed E-state index contributed by atoms with van der Waals surface area (Å²) in [5.41, 5.74) is -5.96. The molecule has 0 fully saturated rings. The highest BCUT2D eigenvalue weighted by Gasteiger charge is 2.35. The Hall–Kier alpha value is -2.66. The van der Waals surface area contributed by atoms with Gasteiger partial charge in [0, 0.05) is 13.1 Å². The summed E-state index contributed by atoms with van der Waals surface area (Å²) in [6.45, 7) is 1.14. The number of hydrogen-bond donors (Lipinski definition) is 0. The van der Waals surface area contributed by atoms with Crippen molar-refractivity contribution in [3.8, 4) is 5.69 Å². The van der Waals surface area contributed by atoms with Crippen LogP contribution in [0.25, 0.3) is 5.69 Å². The number of nitrogens with zero attached hydrogens (tertiary/aromatic N) is 2. The molecule has 0 saturated carbocycles. The minimum atomic E-state index is -5.01. The van der Waals surface area contributed by atoms with Gasteiger partial charge >= 0.3 is 17.8 Å². The molecular weight excluding hydrogens is 447 g/mol. The van der Waals surface area contributed by atoms with Crippen LogP contribution in [0.4, 0.5) is 17.6 Å². The van der Waals surface area contributed by atoms with Gasteiger partial charge in [-0.05, 0) is 30.7 Å². The molecule has 1 aromatic heterocycles. The predicted octanol–water partition coefficient (Wildman–Crippen LogP) is 2.66. The van der Waals surface area contributed by atoms with Crippen LogP contribution in [0.2, 0.25) is 5.02 Å². The fraction of sp³-hybridized carbons (Fsp3) is 0.250. The molecule has 0 radical (unpaired) electrons. The molecule has 29 heavy (non-hydrogen) atoms.